The van der Waals surface area contributed by atoms with Crippen LogP contribution in [0, 0.1) is 17.5 Å². The third kappa shape index (κ3) is 2.21. The third-order valence-electron chi connectivity index (χ3n) is 2.23. The van der Waals surface area contributed by atoms with E-state index in [2.05, 4.69) is 10.1 Å². The van der Waals surface area contributed by atoms with E-state index in [-0.39, 0.29) is 17.3 Å². The average Bonchev–Trinajstić information content (AvgIpc) is 2.73. The molecule has 2 N–H and O–H groups in total. The molecule has 0 bridgehead atoms. The Morgan fingerprint density at radius 2 is 1.72 bits per heavy atom. The van der Waals surface area contributed by atoms with E-state index in [1.54, 1.807) is 13.8 Å². The quantitative estimate of drug-likeness (QED) is 0.839. The normalized spacial score (nSPS) is 11.9. The van der Waals surface area contributed by atoms with Gasteiger partial charge in [-0.15, -0.1) is 0 Å². The first kappa shape index (κ1) is 12.6. The van der Waals surface area contributed by atoms with Gasteiger partial charge in [-0.05, 0) is 26.0 Å². The summed E-state index contributed by atoms with van der Waals surface area (Å²) in [5, 5.41) is 3.60. The molecular formula is C11H10F3N3O. The van der Waals surface area contributed by atoms with Crippen LogP contribution in [0.5, 0.6) is 0 Å². The lowest BCUT2D eigenvalue weighted by Crippen LogP contribution is -2.30. The Balaban J connectivity index is 2.47. The van der Waals surface area contributed by atoms with Gasteiger partial charge in [-0.25, -0.2) is 13.2 Å². The molecule has 0 saturated heterocycles. The lowest BCUT2D eigenvalue weighted by molar-refractivity contribution is 0.396. The molecule has 0 radical (unpaired) electrons. The van der Waals surface area contributed by atoms with Gasteiger partial charge in [0, 0.05) is 5.56 Å². The molecular weight excluding hydrogens is 247 g/mol. The summed E-state index contributed by atoms with van der Waals surface area (Å²) in [6.07, 6.45) is 0. The molecule has 0 aliphatic rings. The fourth-order valence-electron chi connectivity index (χ4n) is 1.28. The van der Waals surface area contributed by atoms with Gasteiger partial charge in [0.25, 0.3) is 5.89 Å². The lowest BCUT2D eigenvalue weighted by Gasteiger charge is -2.11. The molecule has 2 aromatic rings. The highest BCUT2D eigenvalue weighted by Gasteiger charge is 2.23. The van der Waals surface area contributed by atoms with E-state index in [1.165, 1.54) is 0 Å². The fraction of sp³-hybridized carbons (Fsp3) is 0.273. The zero-order chi connectivity index (χ0) is 13.5. The van der Waals surface area contributed by atoms with Crippen LogP contribution >= 0.6 is 0 Å². The maximum absolute atomic E-state index is 13.0. The first-order chi connectivity index (χ1) is 8.29. The molecule has 0 fully saturated rings. The Labute approximate surface area is 101 Å². The third-order valence-corrected chi connectivity index (χ3v) is 2.23. The summed E-state index contributed by atoms with van der Waals surface area (Å²) in [5.41, 5.74) is 4.84. The maximum atomic E-state index is 13.0. The van der Waals surface area contributed by atoms with Crippen molar-refractivity contribution in [2.24, 2.45) is 5.73 Å². The number of rotatable bonds is 2. The van der Waals surface area contributed by atoms with Crippen molar-refractivity contribution in [2.45, 2.75) is 19.4 Å². The summed E-state index contributed by atoms with van der Waals surface area (Å²) in [6.45, 7) is 3.29. The molecule has 0 amide bonds. The Bertz CT molecular complexity index is 566. The smallest absolute Gasteiger partial charge is 0.258 e. The van der Waals surface area contributed by atoms with Crippen LogP contribution in [0.4, 0.5) is 13.2 Å². The summed E-state index contributed by atoms with van der Waals surface area (Å²) >= 11 is 0. The molecule has 0 spiro atoms. The summed E-state index contributed by atoms with van der Waals surface area (Å²) in [4.78, 5) is 3.91. The molecule has 7 heteroatoms. The van der Waals surface area contributed by atoms with E-state index in [0.29, 0.717) is 0 Å². The summed E-state index contributed by atoms with van der Waals surface area (Å²) in [7, 11) is 0. The zero-order valence-electron chi connectivity index (χ0n) is 9.67. The zero-order valence-corrected chi connectivity index (χ0v) is 9.67. The number of hydrogen-bond donors (Lipinski definition) is 1. The van der Waals surface area contributed by atoms with Gasteiger partial charge in [-0.3, -0.25) is 0 Å². The predicted octanol–water partition coefficient (Wildman–Crippen LogP) is 2.35. The molecule has 1 aromatic carbocycles. The average molecular weight is 257 g/mol. The second-order valence-electron chi connectivity index (χ2n) is 4.40. The summed E-state index contributed by atoms with van der Waals surface area (Å²) < 4.78 is 43.7. The largest absolute Gasteiger partial charge is 0.334 e. The van der Waals surface area contributed by atoms with Gasteiger partial charge >= 0.3 is 0 Å². The minimum atomic E-state index is -1.54. The van der Waals surface area contributed by atoms with Crippen molar-refractivity contribution in [3.05, 3.63) is 35.4 Å². The molecule has 1 aromatic heterocycles. The molecule has 0 aliphatic carbocycles. The van der Waals surface area contributed by atoms with E-state index in [4.69, 9.17) is 10.3 Å². The number of halogens is 3. The Hall–Kier alpha value is -1.89. The van der Waals surface area contributed by atoms with Crippen molar-refractivity contribution in [2.75, 3.05) is 0 Å². The van der Waals surface area contributed by atoms with Crippen molar-refractivity contribution in [1.29, 1.82) is 0 Å². The van der Waals surface area contributed by atoms with Gasteiger partial charge in [0.2, 0.25) is 0 Å². The van der Waals surface area contributed by atoms with Crippen LogP contribution in [0.2, 0.25) is 0 Å². The highest BCUT2D eigenvalue weighted by Crippen LogP contribution is 2.24. The summed E-state index contributed by atoms with van der Waals surface area (Å²) in [6, 6.07) is 1.55. The topological polar surface area (TPSA) is 64.9 Å². The molecule has 18 heavy (non-hydrogen) atoms. The van der Waals surface area contributed by atoms with Crippen LogP contribution in [-0.4, -0.2) is 10.1 Å². The molecule has 4 nitrogen and oxygen atoms in total. The van der Waals surface area contributed by atoms with Crippen LogP contribution in [0.3, 0.4) is 0 Å². The molecule has 0 atom stereocenters. The number of aromatic nitrogens is 2. The van der Waals surface area contributed by atoms with Crippen molar-refractivity contribution in [3.63, 3.8) is 0 Å². The van der Waals surface area contributed by atoms with Gasteiger partial charge in [0.05, 0.1) is 5.54 Å². The second kappa shape index (κ2) is 4.09. The highest BCUT2D eigenvalue weighted by molar-refractivity contribution is 5.53. The number of hydrogen-bond acceptors (Lipinski definition) is 4. The van der Waals surface area contributed by atoms with E-state index in [0.717, 1.165) is 12.1 Å². The van der Waals surface area contributed by atoms with E-state index in [9.17, 15) is 13.2 Å². The first-order valence-electron chi connectivity index (χ1n) is 5.07. The molecule has 1 heterocycles. The van der Waals surface area contributed by atoms with Gasteiger partial charge < -0.3 is 10.3 Å². The van der Waals surface area contributed by atoms with Crippen LogP contribution in [0.25, 0.3) is 11.5 Å². The molecule has 0 saturated carbocycles. The number of nitrogens with two attached hydrogens (primary N) is 1. The minimum absolute atomic E-state index is 0.0469. The molecule has 2 rings (SSSR count). The fourth-order valence-corrected chi connectivity index (χ4v) is 1.28. The van der Waals surface area contributed by atoms with Crippen molar-refractivity contribution < 1.29 is 17.7 Å². The monoisotopic (exact) mass is 257 g/mol. The number of nitrogens with zero attached hydrogens (tertiary/aromatic N) is 2. The van der Waals surface area contributed by atoms with Gasteiger partial charge in [0.15, 0.2) is 23.3 Å². The highest BCUT2D eigenvalue weighted by atomic mass is 19.2. The van der Waals surface area contributed by atoms with Gasteiger partial charge in [-0.2, -0.15) is 4.98 Å². The number of benzene rings is 1. The minimum Gasteiger partial charge on any atom is -0.334 e. The van der Waals surface area contributed by atoms with Crippen LogP contribution < -0.4 is 5.73 Å². The van der Waals surface area contributed by atoms with Gasteiger partial charge in [0.1, 0.15) is 0 Å². The lowest BCUT2D eigenvalue weighted by atomic mass is 10.1. The first-order valence-corrected chi connectivity index (χ1v) is 5.07. The van der Waals surface area contributed by atoms with Crippen molar-refractivity contribution in [3.8, 4) is 11.5 Å². The van der Waals surface area contributed by atoms with Crippen molar-refractivity contribution >= 4 is 0 Å². The van der Waals surface area contributed by atoms with Crippen molar-refractivity contribution in [1.82, 2.24) is 10.1 Å². The molecule has 0 unspecified atom stereocenters. The molecule has 0 aliphatic heterocycles. The second-order valence-corrected chi connectivity index (χ2v) is 4.40. The van der Waals surface area contributed by atoms with Crippen LogP contribution in [0.15, 0.2) is 16.7 Å². The Kier molecular flexibility index (Phi) is 2.86. The van der Waals surface area contributed by atoms with E-state index < -0.39 is 23.0 Å². The van der Waals surface area contributed by atoms with Gasteiger partial charge in [-0.1, -0.05) is 5.16 Å². The SMILES string of the molecule is CC(C)(N)c1noc(-c2cc(F)c(F)c(F)c2)n1. The van der Waals surface area contributed by atoms with E-state index >= 15 is 0 Å². The summed E-state index contributed by atoms with van der Waals surface area (Å²) in [5.74, 6) is -4.13. The Morgan fingerprint density at radius 3 is 2.17 bits per heavy atom. The van der Waals surface area contributed by atoms with Crippen LogP contribution in [0.1, 0.15) is 19.7 Å². The van der Waals surface area contributed by atoms with Crippen LogP contribution in [-0.2, 0) is 5.54 Å². The standard InChI is InChI=1S/C11H10F3N3O/c1-11(2,15)10-16-9(18-17-10)5-3-6(12)8(14)7(13)4-5/h3-4H,15H2,1-2H3. The molecule has 96 valence electrons. The predicted molar refractivity (Wildman–Crippen MR) is 56.8 cm³/mol. The maximum Gasteiger partial charge on any atom is 0.258 e. The Morgan fingerprint density at radius 1 is 1.17 bits per heavy atom. The van der Waals surface area contributed by atoms with E-state index in [1.807, 2.05) is 0 Å².